The maximum Gasteiger partial charge on any atom is 0.0843 e. The molecular formula is C10H15N. The van der Waals surface area contributed by atoms with Gasteiger partial charge in [0.15, 0.2) is 0 Å². The number of aromatic nitrogens is 1. The highest BCUT2D eigenvalue weighted by molar-refractivity contribution is 5.08. The number of nitrogens with zero attached hydrogens (tertiary/aromatic N) is 1. The minimum Gasteiger partial charge on any atom is -0.264 e. The van der Waals surface area contributed by atoms with Crippen molar-refractivity contribution in [1.29, 1.82) is 0 Å². The lowest BCUT2D eigenvalue weighted by molar-refractivity contribution is 0.716. The zero-order valence-corrected chi connectivity index (χ0v) is 7.01. The highest BCUT2D eigenvalue weighted by atomic mass is 14.6. The highest BCUT2D eigenvalue weighted by Crippen LogP contribution is 2.03. The molecule has 0 aromatic carbocycles. The Bertz CT molecular complexity index is 235. The molecule has 1 heteroatoms. The van der Waals surface area contributed by atoms with Crippen molar-refractivity contribution < 1.29 is 1.37 Å². The van der Waals surface area contributed by atoms with Crippen molar-refractivity contribution in [3.05, 3.63) is 30.1 Å². The quantitative estimate of drug-likeness (QED) is 0.601. The average Bonchev–Trinajstić information content (AvgIpc) is 2.09. The predicted molar refractivity (Wildman–Crippen MR) is 47.5 cm³/mol. The van der Waals surface area contributed by atoms with Gasteiger partial charge in [-0.25, -0.2) is 0 Å². The van der Waals surface area contributed by atoms with Gasteiger partial charge in [-0.3, -0.25) is 4.98 Å². The predicted octanol–water partition coefficient (Wildman–Crippen LogP) is 2.81. The molecule has 1 heterocycles. The van der Waals surface area contributed by atoms with Crippen molar-refractivity contribution in [3.8, 4) is 0 Å². The first kappa shape index (κ1) is 6.84. The van der Waals surface area contributed by atoms with E-state index >= 15 is 0 Å². The van der Waals surface area contributed by atoms with Gasteiger partial charge in [-0.05, 0) is 24.5 Å². The zero-order valence-electron chi connectivity index (χ0n) is 8.01. The summed E-state index contributed by atoms with van der Waals surface area (Å²) in [5.74, 6) is 0. The van der Waals surface area contributed by atoms with E-state index in [0.717, 1.165) is 12.0 Å². The van der Waals surface area contributed by atoms with Crippen LogP contribution in [0.5, 0.6) is 0 Å². The molecule has 0 amide bonds. The van der Waals surface area contributed by atoms with Gasteiger partial charge in [-0.15, -0.1) is 0 Å². The lowest BCUT2D eigenvalue weighted by Gasteiger charge is -1.97. The second-order valence-corrected chi connectivity index (χ2v) is 2.73. The van der Waals surface area contributed by atoms with E-state index in [1.165, 1.54) is 19.3 Å². The average molecular weight is 150 g/mol. The highest BCUT2D eigenvalue weighted by Gasteiger charge is 1.90. The molecule has 1 nitrogen and oxygen atoms in total. The second kappa shape index (κ2) is 4.89. The molecule has 0 aliphatic rings. The van der Waals surface area contributed by atoms with Crippen LogP contribution in [0.3, 0.4) is 0 Å². The number of hydrogen-bond donors (Lipinski definition) is 0. The van der Waals surface area contributed by atoms with E-state index in [9.17, 15) is 0 Å². The molecule has 1 aromatic rings. The third-order valence-electron chi connectivity index (χ3n) is 1.72. The molecule has 0 spiro atoms. The summed E-state index contributed by atoms with van der Waals surface area (Å²) < 4.78 is 7.50. The summed E-state index contributed by atoms with van der Waals surface area (Å²) in [6, 6.07) is 3.89. The number of aryl methyl sites for hydroxylation is 1. The van der Waals surface area contributed by atoms with E-state index in [2.05, 4.69) is 11.9 Å². The number of hydrogen-bond acceptors (Lipinski definition) is 1. The van der Waals surface area contributed by atoms with Crippen LogP contribution in [0.25, 0.3) is 0 Å². The Morgan fingerprint density at radius 3 is 3.18 bits per heavy atom. The Kier molecular flexibility index (Phi) is 3.04. The van der Waals surface area contributed by atoms with Crippen molar-refractivity contribution in [3.63, 3.8) is 0 Å². The first-order valence-corrected chi connectivity index (χ1v) is 4.25. The topological polar surface area (TPSA) is 12.9 Å². The normalized spacial score (nSPS) is 11.2. The van der Waals surface area contributed by atoms with Crippen LogP contribution in [-0.4, -0.2) is 4.98 Å². The van der Waals surface area contributed by atoms with Crippen LogP contribution in [0.2, 0.25) is 0 Å². The van der Waals surface area contributed by atoms with Gasteiger partial charge < -0.3 is 0 Å². The van der Waals surface area contributed by atoms with E-state index in [-0.39, 0.29) is 0 Å². The van der Waals surface area contributed by atoms with Crippen LogP contribution in [0.15, 0.2) is 24.5 Å². The van der Waals surface area contributed by atoms with Gasteiger partial charge in [-0.2, -0.15) is 0 Å². The van der Waals surface area contributed by atoms with E-state index in [1.807, 2.05) is 12.1 Å². The molecule has 1 aromatic heterocycles. The Morgan fingerprint density at radius 1 is 1.55 bits per heavy atom. The van der Waals surface area contributed by atoms with Crippen LogP contribution in [0, 0.1) is 0 Å². The fraction of sp³-hybridized carbons (Fsp3) is 0.500. The van der Waals surface area contributed by atoms with Crippen LogP contribution in [0.4, 0.5) is 0 Å². The summed E-state index contributed by atoms with van der Waals surface area (Å²) in [5.41, 5.74) is 1.07. The zero-order chi connectivity index (χ0) is 8.81. The van der Waals surface area contributed by atoms with Gasteiger partial charge in [0.25, 0.3) is 0 Å². The van der Waals surface area contributed by atoms with Crippen molar-refractivity contribution in [2.45, 2.75) is 32.6 Å². The van der Waals surface area contributed by atoms with Gasteiger partial charge in [0.05, 0.1) is 1.37 Å². The van der Waals surface area contributed by atoms with Crippen molar-refractivity contribution in [2.75, 3.05) is 0 Å². The van der Waals surface area contributed by atoms with Crippen LogP contribution < -0.4 is 0 Å². The van der Waals surface area contributed by atoms with E-state index < -0.39 is 0 Å². The van der Waals surface area contributed by atoms with Gasteiger partial charge in [0.2, 0.25) is 0 Å². The monoisotopic (exact) mass is 150 g/mol. The molecule has 0 N–H and O–H groups in total. The standard InChI is InChI=1S/C10H15N/c1-2-3-4-6-10-7-5-8-11-9-10/h5,7-9H,2-4,6H2,1H3/i9D. The summed E-state index contributed by atoms with van der Waals surface area (Å²) in [6.45, 7) is 2.19. The Labute approximate surface area is 69.9 Å². The van der Waals surface area contributed by atoms with Crippen molar-refractivity contribution in [1.82, 2.24) is 4.98 Å². The fourth-order valence-corrected chi connectivity index (χ4v) is 1.06. The molecule has 0 radical (unpaired) electrons. The molecular weight excluding hydrogens is 134 g/mol. The largest absolute Gasteiger partial charge is 0.264 e. The molecule has 0 unspecified atom stereocenters. The molecule has 0 aliphatic heterocycles. The van der Waals surface area contributed by atoms with Crippen molar-refractivity contribution in [2.24, 2.45) is 0 Å². The smallest absolute Gasteiger partial charge is 0.0843 e. The summed E-state index contributed by atoms with van der Waals surface area (Å²) in [5, 5.41) is 0. The summed E-state index contributed by atoms with van der Waals surface area (Å²) in [4.78, 5) is 3.92. The van der Waals surface area contributed by atoms with Crippen LogP contribution in [0.1, 0.15) is 33.1 Å². The second-order valence-electron chi connectivity index (χ2n) is 2.73. The summed E-state index contributed by atoms with van der Waals surface area (Å²) in [7, 11) is 0. The third kappa shape index (κ3) is 3.17. The van der Waals surface area contributed by atoms with E-state index in [1.54, 1.807) is 6.20 Å². The van der Waals surface area contributed by atoms with Gasteiger partial charge in [-0.1, -0.05) is 25.8 Å². The van der Waals surface area contributed by atoms with E-state index in [0.29, 0.717) is 6.17 Å². The lowest BCUT2D eigenvalue weighted by Crippen LogP contribution is -1.85. The summed E-state index contributed by atoms with van der Waals surface area (Å²) >= 11 is 0. The molecule has 0 fully saturated rings. The van der Waals surface area contributed by atoms with Gasteiger partial charge in [0, 0.05) is 12.4 Å². The Balaban J connectivity index is 2.46. The van der Waals surface area contributed by atoms with Crippen LogP contribution >= 0.6 is 0 Å². The fourth-order valence-electron chi connectivity index (χ4n) is 1.06. The molecule has 0 saturated heterocycles. The molecule has 60 valence electrons. The van der Waals surface area contributed by atoms with Gasteiger partial charge >= 0.3 is 0 Å². The molecule has 0 saturated carbocycles. The number of pyridine rings is 1. The minimum atomic E-state index is 0.439. The van der Waals surface area contributed by atoms with Crippen LogP contribution in [-0.2, 0) is 6.42 Å². The molecule has 11 heavy (non-hydrogen) atoms. The maximum atomic E-state index is 7.50. The molecule has 0 bridgehead atoms. The maximum absolute atomic E-state index is 7.50. The first-order valence-electron chi connectivity index (χ1n) is 4.75. The number of unbranched alkanes of at least 4 members (excludes halogenated alkanes) is 2. The molecule has 0 atom stereocenters. The van der Waals surface area contributed by atoms with Crippen molar-refractivity contribution >= 4 is 0 Å². The lowest BCUT2D eigenvalue weighted by atomic mass is 10.1. The Morgan fingerprint density at radius 2 is 2.45 bits per heavy atom. The Hall–Kier alpha value is -0.850. The summed E-state index contributed by atoms with van der Waals surface area (Å²) in [6.07, 6.45) is 6.76. The van der Waals surface area contributed by atoms with Gasteiger partial charge in [0.1, 0.15) is 0 Å². The minimum absolute atomic E-state index is 0.439. The number of rotatable bonds is 4. The third-order valence-corrected chi connectivity index (χ3v) is 1.72. The SMILES string of the molecule is [2H]c1ncccc1CCCCC. The molecule has 0 aliphatic carbocycles. The first-order chi connectivity index (χ1) is 5.84. The molecule has 1 rings (SSSR count). The van der Waals surface area contributed by atoms with E-state index in [4.69, 9.17) is 1.37 Å².